The van der Waals surface area contributed by atoms with Gasteiger partial charge in [-0.05, 0) is 41.5 Å². The summed E-state index contributed by atoms with van der Waals surface area (Å²) in [4.78, 5) is 15.1. The minimum atomic E-state index is -0.437. The van der Waals surface area contributed by atoms with Crippen molar-refractivity contribution in [1.82, 2.24) is 4.98 Å². The number of aromatic nitrogens is 1. The minimum Gasteiger partial charge on any atom is -0.392 e. The van der Waals surface area contributed by atoms with Gasteiger partial charge in [0, 0.05) is 24.4 Å². The van der Waals surface area contributed by atoms with Crippen LogP contribution in [-0.2, 0) is 13.2 Å². The van der Waals surface area contributed by atoms with E-state index in [0.29, 0.717) is 17.8 Å². The molecule has 0 unspecified atom stereocenters. The lowest BCUT2D eigenvalue weighted by atomic mass is 10.1. The van der Waals surface area contributed by atoms with Gasteiger partial charge in [0.15, 0.2) is 0 Å². The Kier molecular flexibility index (Phi) is 5.01. The number of nitrogens with one attached hydrogen (secondary N) is 1. The van der Waals surface area contributed by atoms with Crippen LogP contribution in [-0.4, -0.2) is 15.0 Å². The van der Waals surface area contributed by atoms with E-state index in [1.165, 1.54) is 6.07 Å². The van der Waals surface area contributed by atoms with Gasteiger partial charge in [0.2, 0.25) is 0 Å². The number of nitro groups is 1. The van der Waals surface area contributed by atoms with E-state index >= 15 is 0 Å². The molecular weight excluding hydrogens is 318 g/mol. The SMILES string of the molecule is O=[N+]([O-])c1ccc(CO)cc1NCc1cccc(-c2ccccn2)c1. The number of anilines is 1. The Morgan fingerprint density at radius 1 is 1.04 bits per heavy atom. The Bertz CT molecular complexity index is 882. The molecule has 6 heteroatoms. The van der Waals surface area contributed by atoms with Crippen molar-refractivity contribution in [2.75, 3.05) is 5.32 Å². The second-order valence-electron chi connectivity index (χ2n) is 5.54. The van der Waals surface area contributed by atoms with E-state index in [4.69, 9.17) is 0 Å². The minimum absolute atomic E-state index is 0.0157. The Morgan fingerprint density at radius 2 is 1.92 bits per heavy atom. The van der Waals surface area contributed by atoms with Crippen molar-refractivity contribution in [2.45, 2.75) is 13.2 Å². The van der Waals surface area contributed by atoms with Gasteiger partial charge in [0.25, 0.3) is 5.69 Å². The number of hydrogen-bond donors (Lipinski definition) is 2. The molecule has 126 valence electrons. The lowest BCUT2D eigenvalue weighted by Crippen LogP contribution is -2.03. The molecule has 6 nitrogen and oxygen atoms in total. The fraction of sp³-hybridized carbons (Fsp3) is 0.105. The standard InChI is InChI=1S/C19H17N3O3/c23-13-15-7-8-19(22(24)25)18(11-15)21-12-14-4-3-5-16(10-14)17-6-1-2-9-20-17/h1-11,21,23H,12-13H2. The summed E-state index contributed by atoms with van der Waals surface area (Å²) in [5, 5.41) is 23.5. The van der Waals surface area contributed by atoms with Crippen LogP contribution in [0.5, 0.6) is 0 Å². The van der Waals surface area contributed by atoms with Crippen LogP contribution >= 0.6 is 0 Å². The Morgan fingerprint density at radius 3 is 2.64 bits per heavy atom. The maximum Gasteiger partial charge on any atom is 0.292 e. The van der Waals surface area contributed by atoms with Crippen LogP contribution < -0.4 is 5.32 Å². The summed E-state index contributed by atoms with van der Waals surface area (Å²) in [5.74, 6) is 0. The van der Waals surface area contributed by atoms with Crippen molar-refractivity contribution in [2.24, 2.45) is 0 Å². The molecule has 3 rings (SSSR count). The average Bonchev–Trinajstić information content (AvgIpc) is 2.67. The van der Waals surface area contributed by atoms with Gasteiger partial charge < -0.3 is 10.4 Å². The molecule has 0 spiro atoms. The second kappa shape index (κ2) is 7.55. The third-order valence-corrected chi connectivity index (χ3v) is 3.81. The summed E-state index contributed by atoms with van der Waals surface area (Å²) in [6.07, 6.45) is 1.74. The predicted molar refractivity (Wildman–Crippen MR) is 96.0 cm³/mol. The highest BCUT2D eigenvalue weighted by atomic mass is 16.6. The summed E-state index contributed by atoms with van der Waals surface area (Å²) < 4.78 is 0. The number of aliphatic hydroxyl groups is 1. The lowest BCUT2D eigenvalue weighted by molar-refractivity contribution is -0.384. The summed E-state index contributed by atoms with van der Waals surface area (Å²) in [5.41, 5.74) is 3.83. The van der Waals surface area contributed by atoms with Crippen LogP contribution in [0.3, 0.4) is 0 Å². The number of pyridine rings is 1. The third kappa shape index (κ3) is 3.99. The van der Waals surface area contributed by atoms with Crippen molar-refractivity contribution < 1.29 is 10.0 Å². The van der Waals surface area contributed by atoms with E-state index in [2.05, 4.69) is 10.3 Å². The summed E-state index contributed by atoms with van der Waals surface area (Å²) >= 11 is 0. The van der Waals surface area contributed by atoms with Crippen molar-refractivity contribution in [3.05, 3.63) is 88.1 Å². The quantitative estimate of drug-likeness (QED) is 0.529. The smallest absolute Gasteiger partial charge is 0.292 e. The van der Waals surface area contributed by atoms with Gasteiger partial charge in [-0.15, -0.1) is 0 Å². The average molecular weight is 335 g/mol. The molecule has 3 aromatic rings. The largest absolute Gasteiger partial charge is 0.392 e. The van der Waals surface area contributed by atoms with Crippen molar-refractivity contribution in [3.8, 4) is 11.3 Å². The van der Waals surface area contributed by atoms with E-state index in [-0.39, 0.29) is 12.3 Å². The first-order chi connectivity index (χ1) is 12.2. The highest BCUT2D eigenvalue weighted by Crippen LogP contribution is 2.26. The molecule has 0 atom stereocenters. The maximum atomic E-state index is 11.2. The number of nitrogens with zero attached hydrogens (tertiary/aromatic N) is 2. The fourth-order valence-electron chi connectivity index (χ4n) is 2.55. The first-order valence-corrected chi connectivity index (χ1v) is 7.80. The molecule has 0 bridgehead atoms. The van der Waals surface area contributed by atoms with E-state index in [1.807, 2.05) is 42.5 Å². The van der Waals surface area contributed by atoms with Gasteiger partial charge >= 0.3 is 0 Å². The Balaban J connectivity index is 1.81. The lowest BCUT2D eigenvalue weighted by Gasteiger charge is -2.10. The number of hydrogen-bond acceptors (Lipinski definition) is 5. The molecule has 0 saturated carbocycles. The molecule has 0 aliphatic carbocycles. The zero-order valence-corrected chi connectivity index (χ0v) is 13.4. The van der Waals surface area contributed by atoms with E-state index in [1.54, 1.807) is 18.3 Å². The summed E-state index contributed by atoms with van der Waals surface area (Å²) in [6.45, 7) is 0.262. The number of aliphatic hydroxyl groups excluding tert-OH is 1. The fourth-order valence-corrected chi connectivity index (χ4v) is 2.55. The van der Waals surface area contributed by atoms with Gasteiger partial charge in [0.05, 0.1) is 17.2 Å². The van der Waals surface area contributed by atoms with Gasteiger partial charge in [0.1, 0.15) is 5.69 Å². The van der Waals surface area contributed by atoms with Gasteiger partial charge in [-0.2, -0.15) is 0 Å². The van der Waals surface area contributed by atoms with E-state index in [9.17, 15) is 15.2 Å². The Hall–Kier alpha value is -3.25. The van der Waals surface area contributed by atoms with Gasteiger partial charge in [-0.3, -0.25) is 15.1 Å². The zero-order valence-electron chi connectivity index (χ0n) is 13.4. The first-order valence-electron chi connectivity index (χ1n) is 7.80. The molecule has 2 N–H and O–H groups in total. The normalized spacial score (nSPS) is 10.4. The topological polar surface area (TPSA) is 88.3 Å². The van der Waals surface area contributed by atoms with Crippen LogP contribution in [0.4, 0.5) is 11.4 Å². The number of rotatable bonds is 6. The van der Waals surface area contributed by atoms with Crippen molar-refractivity contribution in [1.29, 1.82) is 0 Å². The maximum absolute atomic E-state index is 11.2. The molecule has 0 aliphatic rings. The third-order valence-electron chi connectivity index (χ3n) is 3.81. The molecule has 0 radical (unpaired) electrons. The molecule has 0 fully saturated rings. The van der Waals surface area contributed by atoms with Crippen LogP contribution in [0.25, 0.3) is 11.3 Å². The van der Waals surface area contributed by atoms with Gasteiger partial charge in [-0.25, -0.2) is 0 Å². The molecular formula is C19H17N3O3. The second-order valence-corrected chi connectivity index (χ2v) is 5.54. The monoisotopic (exact) mass is 335 g/mol. The molecule has 1 heterocycles. The van der Waals surface area contributed by atoms with E-state index < -0.39 is 4.92 Å². The molecule has 0 amide bonds. The van der Waals surface area contributed by atoms with Crippen LogP contribution in [0.1, 0.15) is 11.1 Å². The highest BCUT2D eigenvalue weighted by molar-refractivity contribution is 5.64. The molecule has 0 aliphatic heterocycles. The summed E-state index contributed by atoms with van der Waals surface area (Å²) in [7, 11) is 0. The van der Waals surface area contributed by atoms with Crippen molar-refractivity contribution >= 4 is 11.4 Å². The molecule has 2 aromatic carbocycles. The molecule has 25 heavy (non-hydrogen) atoms. The van der Waals surface area contributed by atoms with Gasteiger partial charge in [-0.1, -0.05) is 24.3 Å². The zero-order chi connectivity index (χ0) is 17.6. The van der Waals surface area contributed by atoms with Crippen LogP contribution in [0.2, 0.25) is 0 Å². The first kappa shape index (κ1) is 16.6. The van der Waals surface area contributed by atoms with Crippen LogP contribution in [0.15, 0.2) is 66.9 Å². The predicted octanol–water partition coefficient (Wildman–Crippen LogP) is 3.76. The number of nitro benzene ring substituents is 1. The molecule has 0 saturated heterocycles. The van der Waals surface area contributed by atoms with E-state index in [0.717, 1.165) is 16.8 Å². The molecule has 1 aromatic heterocycles. The Labute approximate surface area is 144 Å². The van der Waals surface area contributed by atoms with Crippen molar-refractivity contribution in [3.63, 3.8) is 0 Å². The number of benzene rings is 2. The van der Waals surface area contributed by atoms with Crippen LogP contribution in [0, 0.1) is 10.1 Å². The highest BCUT2D eigenvalue weighted by Gasteiger charge is 2.14. The summed E-state index contributed by atoms with van der Waals surface area (Å²) in [6, 6.07) is 18.1.